The van der Waals surface area contributed by atoms with Gasteiger partial charge in [-0.1, -0.05) is 12.1 Å². The molecule has 2 rings (SSSR count). The summed E-state index contributed by atoms with van der Waals surface area (Å²) in [5, 5.41) is 2.12. The minimum Gasteiger partial charge on any atom is -0.546 e. The summed E-state index contributed by atoms with van der Waals surface area (Å²) in [6.07, 6.45) is 2.86. The van der Waals surface area contributed by atoms with Crippen LogP contribution in [0.2, 0.25) is 13.1 Å². The first-order valence-electron chi connectivity index (χ1n) is 6.48. The van der Waals surface area contributed by atoms with Gasteiger partial charge in [0.2, 0.25) is 9.04 Å². The number of hydrogen-bond acceptors (Lipinski definition) is 3. The third kappa shape index (κ3) is 4.04. The molecule has 100 valence electrons. The van der Waals surface area contributed by atoms with Crippen molar-refractivity contribution in [2.24, 2.45) is 4.99 Å². The highest BCUT2D eigenvalue weighted by Crippen LogP contribution is 2.27. The van der Waals surface area contributed by atoms with Crippen molar-refractivity contribution in [1.82, 2.24) is 0 Å². The van der Waals surface area contributed by atoms with E-state index in [0.29, 0.717) is 0 Å². The lowest BCUT2D eigenvalue weighted by Gasteiger charge is -2.11. The first kappa shape index (κ1) is 14.0. The van der Waals surface area contributed by atoms with Crippen LogP contribution in [0.25, 0.3) is 0 Å². The van der Waals surface area contributed by atoms with Gasteiger partial charge in [-0.3, -0.25) is 4.99 Å². The second-order valence-corrected chi connectivity index (χ2v) is 8.01. The molecule has 1 heterocycles. The first-order valence-corrected chi connectivity index (χ1v) is 10.1. The van der Waals surface area contributed by atoms with Gasteiger partial charge in [-0.15, -0.1) is 11.3 Å². The predicted octanol–water partition coefficient (Wildman–Crippen LogP) is 4.36. The molecule has 0 bridgehead atoms. The summed E-state index contributed by atoms with van der Waals surface area (Å²) in [6.45, 7) is 6.46. The second kappa shape index (κ2) is 6.68. The second-order valence-electron chi connectivity index (χ2n) is 4.68. The van der Waals surface area contributed by atoms with Crippen LogP contribution in [0.5, 0.6) is 5.75 Å². The molecular formula is C15H19NOSSi. The molecule has 0 radical (unpaired) electrons. The number of nitrogens with zero attached hydrogens (tertiary/aromatic N) is 1. The van der Waals surface area contributed by atoms with Gasteiger partial charge in [0.1, 0.15) is 11.4 Å². The molecule has 4 heteroatoms. The lowest BCUT2D eigenvalue weighted by molar-refractivity contribution is 0.582. The Morgan fingerprint density at radius 2 is 2.05 bits per heavy atom. The quantitative estimate of drug-likeness (QED) is 0.592. The molecule has 0 unspecified atom stereocenters. The predicted molar refractivity (Wildman–Crippen MR) is 86.9 cm³/mol. The third-order valence-electron chi connectivity index (χ3n) is 2.70. The van der Waals surface area contributed by atoms with E-state index in [9.17, 15) is 0 Å². The van der Waals surface area contributed by atoms with Gasteiger partial charge in [0.05, 0.1) is 0 Å². The summed E-state index contributed by atoms with van der Waals surface area (Å²) in [6, 6.07) is 10.1. The van der Waals surface area contributed by atoms with Crippen LogP contribution in [-0.2, 0) is 6.42 Å². The van der Waals surface area contributed by atoms with E-state index in [2.05, 4.69) is 36.5 Å². The summed E-state index contributed by atoms with van der Waals surface area (Å²) in [4.78, 5) is 5.93. The zero-order chi connectivity index (χ0) is 13.7. The highest BCUT2D eigenvalue weighted by Gasteiger charge is 2.04. The molecule has 0 fully saturated rings. The van der Waals surface area contributed by atoms with E-state index in [0.717, 1.165) is 17.9 Å². The Hall–Kier alpha value is -1.39. The molecule has 19 heavy (non-hydrogen) atoms. The van der Waals surface area contributed by atoms with Crippen molar-refractivity contribution >= 4 is 32.3 Å². The third-order valence-corrected chi connectivity index (χ3v) is 4.47. The van der Waals surface area contributed by atoms with Crippen LogP contribution in [0, 0.1) is 6.92 Å². The Balaban J connectivity index is 2.08. The van der Waals surface area contributed by atoms with Crippen LogP contribution in [-0.4, -0.2) is 15.3 Å². The summed E-state index contributed by atoms with van der Waals surface area (Å²) in [7, 11) is -1.09. The van der Waals surface area contributed by atoms with E-state index in [1.54, 1.807) is 11.3 Å². The van der Waals surface area contributed by atoms with Gasteiger partial charge in [-0.25, -0.2) is 0 Å². The van der Waals surface area contributed by atoms with Gasteiger partial charge in [0, 0.05) is 17.5 Å². The maximum Gasteiger partial charge on any atom is 0.229 e. The molecule has 2 aromatic rings. The highest BCUT2D eigenvalue weighted by molar-refractivity contribution is 7.10. The van der Waals surface area contributed by atoms with Gasteiger partial charge in [-0.2, -0.15) is 0 Å². The van der Waals surface area contributed by atoms with Crippen molar-refractivity contribution in [3.63, 3.8) is 0 Å². The fraction of sp³-hybridized carbons (Fsp3) is 0.267. The average molecular weight is 289 g/mol. The normalized spacial score (nSPS) is 11.4. The van der Waals surface area contributed by atoms with Crippen molar-refractivity contribution in [3.05, 3.63) is 46.2 Å². The molecule has 0 aliphatic carbocycles. The van der Waals surface area contributed by atoms with E-state index in [4.69, 9.17) is 4.43 Å². The fourth-order valence-electron chi connectivity index (χ4n) is 1.76. The Labute approximate surface area is 120 Å². The minimum absolute atomic E-state index is 0.886. The Morgan fingerprint density at radius 1 is 1.26 bits per heavy atom. The van der Waals surface area contributed by atoms with Crippen LogP contribution in [0.4, 0.5) is 5.69 Å². The van der Waals surface area contributed by atoms with E-state index in [-0.39, 0.29) is 0 Å². The highest BCUT2D eigenvalue weighted by atomic mass is 32.1. The van der Waals surface area contributed by atoms with Crippen molar-refractivity contribution in [3.8, 4) is 5.75 Å². The van der Waals surface area contributed by atoms with E-state index in [1.807, 2.05) is 30.5 Å². The number of aliphatic imine (C=N–C) groups is 1. The molecule has 1 aromatic heterocycles. The Kier molecular flexibility index (Phi) is 4.93. The summed E-state index contributed by atoms with van der Waals surface area (Å²) >= 11 is 1.78. The fourth-order valence-corrected chi connectivity index (χ4v) is 3.33. The lowest BCUT2D eigenvalue weighted by atomic mass is 10.2. The van der Waals surface area contributed by atoms with Crippen LogP contribution in [0.1, 0.15) is 10.4 Å². The smallest absolute Gasteiger partial charge is 0.229 e. The number of benzene rings is 1. The number of thiophene rings is 1. The standard InChI is InChI=1S/C15H19NOSSi/c1-12-9-11-18-15(12)8-10-16-13-6-4-5-7-14(13)17-19(2)3/h4-7,9-11,19H,8H2,1-3H3. The molecule has 0 aliphatic rings. The van der Waals surface area contributed by atoms with Crippen molar-refractivity contribution in [2.45, 2.75) is 26.4 Å². The number of para-hydroxylation sites is 2. The monoisotopic (exact) mass is 289 g/mol. The maximum absolute atomic E-state index is 5.88. The van der Waals surface area contributed by atoms with Gasteiger partial charge < -0.3 is 4.43 Å². The van der Waals surface area contributed by atoms with E-state index < -0.39 is 9.04 Å². The van der Waals surface area contributed by atoms with Crippen LogP contribution in [0.3, 0.4) is 0 Å². The SMILES string of the molecule is Cc1ccsc1CC=Nc1ccccc1O[SiH](C)C. The Bertz CT molecular complexity index is 563. The van der Waals surface area contributed by atoms with Crippen LogP contribution >= 0.6 is 11.3 Å². The molecule has 0 saturated carbocycles. The average Bonchev–Trinajstić information content (AvgIpc) is 2.77. The molecule has 0 aliphatic heterocycles. The van der Waals surface area contributed by atoms with Crippen molar-refractivity contribution in [2.75, 3.05) is 0 Å². The summed E-state index contributed by atoms with van der Waals surface area (Å²) in [5.41, 5.74) is 2.27. The molecule has 2 nitrogen and oxygen atoms in total. The molecular weight excluding hydrogens is 270 g/mol. The van der Waals surface area contributed by atoms with Gasteiger partial charge >= 0.3 is 0 Å². The molecule has 0 saturated heterocycles. The largest absolute Gasteiger partial charge is 0.546 e. The van der Waals surface area contributed by atoms with E-state index >= 15 is 0 Å². The molecule has 0 amide bonds. The van der Waals surface area contributed by atoms with Crippen LogP contribution < -0.4 is 4.43 Å². The van der Waals surface area contributed by atoms with Crippen molar-refractivity contribution in [1.29, 1.82) is 0 Å². The molecule has 0 atom stereocenters. The molecule has 1 aromatic carbocycles. The van der Waals surface area contributed by atoms with E-state index in [1.165, 1.54) is 10.4 Å². The first-order chi connectivity index (χ1) is 9.16. The topological polar surface area (TPSA) is 21.6 Å². The number of hydrogen-bond donors (Lipinski definition) is 0. The van der Waals surface area contributed by atoms with Gasteiger partial charge in [0.25, 0.3) is 0 Å². The van der Waals surface area contributed by atoms with Crippen LogP contribution in [0.15, 0.2) is 40.7 Å². The van der Waals surface area contributed by atoms with Gasteiger partial charge in [-0.05, 0) is 49.2 Å². The van der Waals surface area contributed by atoms with Gasteiger partial charge in [0.15, 0.2) is 0 Å². The summed E-state index contributed by atoms with van der Waals surface area (Å²) < 4.78 is 5.88. The number of rotatable bonds is 5. The zero-order valence-corrected chi connectivity index (χ0v) is 13.6. The minimum atomic E-state index is -1.09. The molecule has 0 spiro atoms. The zero-order valence-electron chi connectivity index (χ0n) is 11.6. The molecule has 0 N–H and O–H groups in total. The van der Waals surface area contributed by atoms with Crippen molar-refractivity contribution < 1.29 is 4.43 Å². The Morgan fingerprint density at radius 3 is 2.74 bits per heavy atom. The maximum atomic E-state index is 5.88. The number of aryl methyl sites for hydroxylation is 1. The summed E-state index contributed by atoms with van der Waals surface area (Å²) in [5.74, 6) is 0.906. The lowest BCUT2D eigenvalue weighted by Crippen LogP contribution is -2.11.